The van der Waals surface area contributed by atoms with Crippen LogP contribution < -0.4 is 4.90 Å². The van der Waals surface area contributed by atoms with Crippen molar-refractivity contribution in [3.8, 4) is 33.4 Å². The molecular weight excluding hydrogens is 639 g/mol. The zero-order chi connectivity index (χ0) is 35.3. The van der Waals surface area contributed by atoms with Crippen LogP contribution >= 0.6 is 0 Å². The molecular formula is C52H39N. The molecule has 0 amide bonds. The Balaban J connectivity index is 1.21. The Morgan fingerprint density at radius 3 is 1.58 bits per heavy atom. The third-order valence-electron chi connectivity index (χ3n) is 12.6. The molecule has 0 radical (unpaired) electrons. The first-order valence-corrected chi connectivity index (χ1v) is 19.0. The van der Waals surface area contributed by atoms with E-state index in [1.54, 1.807) is 0 Å². The third kappa shape index (κ3) is 4.08. The van der Waals surface area contributed by atoms with Gasteiger partial charge < -0.3 is 4.90 Å². The van der Waals surface area contributed by atoms with E-state index in [4.69, 9.17) is 0 Å². The van der Waals surface area contributed by atoms with Gasteiger partial charge >= 0.3 is 0 Å². The predicted molar refractivity (Wildman–Crippen MR) is 220 cm³/mol. The van der Waals surface area contributed by atoms with Gasteiger partial charge in [-0.1, -0.05) is 166 Å². The van der Waals surface area contributed by atoms with Crippen LogP contribution in [0.3, 0.4) is 0 Å². The number of nitrogens with zero attached hydrogens (tertiary/aromatic N) is 1. The molecule has 7 aromatic rings. The zero-order valence-electron chi connectivity index (χ0n) is 30.1. The van der Waals surface area contributed by atoms with E-state index in [0.29, 0.717) is 0 Å². The summed E-state index contributed by atoms with van der Waals surface area (Å²) in [6.07, 6.45) is 4.46. The van der Waals surface area contributed by atoms with Gasteiger partial charge in [0.15, 0.2) is 0 Å². The maximum atomic E-state index is 2.62. The van der Waals surface area contributed by atoms with E-state index in [9.17, 15) is 0 Å². The van der Waals surface area contributed by atoms with Crippen LogP contribution in [-0.4, -0.2) is 0 Å². The van der Waals surface area contributed by atoms with Crippen molar-refractivity contribution >= 4 is 16.9 Å². The SMILES string of the molecule is CC1(C)c2ccccc2-c2ccc(N(C3=C4C(=CCC3)c3ccccc3C43c4ccccc4-c4ccccc43)c3ccc(-c4ccccc4)cc3)cc21. The van der Waals surface area contributed by atoms with Gasteiger partial charge in [-0.15, -0.1) is 0 Å². The summed E-state index contributed by atoms with van der Waals surface area (Å²) in [7, 11) is 0. The molecule has 252 valence electrons. The highest BCUT2D eigenvalue weighted by Crippen LogP contribution is 2.66. The van der Waals surface area contributed by atoms with E-state index in [1.165, 1.54) is 95.0 Å². The van der Waals surface area contributed by atoms with Crippen LogP contribution in [0.15, 0.2) is 187 Å². The summed E-state index contributed by atoms with van der Waals surface area (Å²) in [5.74, 6) is 0. The van der Waals surface area contributed by atoms with Gasteiger partial charge in [0.25, 0.3) is 0 Å². The second-order valence-corrected chi connectivity index (χ2v) is 15.5. The lowest BCUT2D eigenvalue weighted by molar-refractivity contribution is 0.660. The van der Waals surface area contributed by atoms with Gasteiger partial charge in [0.05, 0.1) is 5.41 Å². The molecule has 11 rings (SSSR count). The molecule has 0 aliphatic heterocycles. The Morgan fingerprint density at radius 1 is 0.434 bits per heavy atom. The topological polar surface area (TPSA) is 3.24 Å². The van der Waals surface area contributed by atoms with Gasteiger partial charge in [0, 0.05) is 22.5 Å². The Kier molecular flexibility index (Phi) is 6.41. The van der Waals surface area contributed by atoms with Gasteiger partial charge in [0.1, 0.15) is 0 Å². The third-order valence-corrected chi connectivity index (χ3v) is 12.6. The van der Waals surface area contributed by atoms with Crippen molar-refractivity contribution in [1.29, 1.82) is 0 Å². The standard InChI is InChI=1S/C52H39N/c1-51(2)44-22-10-6-17-38(44)42-32-31-37(33-48(42)51)53(36-29-27-35(28-30-36)34-15-4-3-5-16-34)49-26-14-21-43-41-20-9-13-25-47(41)52(50(43)49)45-23-11-7-18-39(45)40-19-8-12-24-46(40)52/h3-13,15-25,27-33H,14,26H2,1-2H3. The first-order valence-electron chi connectivity index (χ1n) is 19.0. The molecule has 0 unspecified atom stereocenters. The van der Waals surface area contributed by atoms with E-state index < -0.39 is 5.41 Å². The first kappa shape index (κ1) is 30.4. The minimum atomic E-state index is -0.417. The average Bonchev–Trinajstić information content (AvgIpc) is 3.78. The lowest BCUT2D eigenvalue weighted by Gasteiger charge is -2.38. The van der Waals surface area contributed by atoms with Gasteiger partial charge in [-0.25, -0.2) is 0 Å². The highest BCUT2D eigenvalue weighted by atomic mass is 15.2. The lowest BCUT2D eigenvalue weighted by atomic mass is 9.68. The highest BCUT2D eigenvalue weighted by molar-refractivity contribution is 6.02. The summed E-state index contributed by atoms with van der Waals surface area (Å²) < 4.78 is 0. The van der Waals surface area contributed by atoms with E-state index >= 15 is 0 Å². The van der Waals surface area contributed by atoms with Crippen molar-refractivity contribution < 1.29 is 0 Å². The number of benzene rings is 7. The Labute approximate surface area is 312 Å². The molecule has 4 aliphatic rings. The number of hydrogen-bond donors (Lipinski definition) is 0. The summed E-state index contributed by atoms with van der Waals surface area (Å²) >= 11 is 0. The van der Waals surface area contributed by atoms with Crippen molar-refractivity contribution in [3.63, 3.8) is 0 Å². The Bertz CT molecular complexity index is 2640. The van der Waals surface area contributed by atoms with E-state index in [1.807, 2.05) is 0 Å². The Morgan fingerprint density at radius 2 is 0.925 bits per heavy atom. The van der Waals surface area contributed by atoms with Crippen LogP contribution in [-0.2, 0) is 10.8 Å². The van der Waals surface area contributed by atoms with Gasteiger partial charge in [-0.2, -0.15) is 0 Å². The molecule has 0 saturated carbocycles. The molecule has 1 nitrogen and oxygen atoms in total. The van der Waals surface area contributed by atoms with E-state index in [-0.39, 0.29) is 5.41 Å². The summed E-state index contributed by atoms with van der Waals surface area (Å²) in [4.78, 5) is 2.62. The smallest absolute Gasteiger partial charge is 0.0742 e. The molecule has 4 aliphatic carbocycles. The van der Waals surface area contributed by atoms with Gasteiger partial charge in [0.2, 0.25) is 0 Å². The quantitative estimate of drug-likeness (QED) is 0.179. The van der Waals surface area contributed by atoms with Crippen LogP contribution in [0, 0.1) is 0 Å². The number of allylic oxidation sites excluding steroid dienone is 4. The number of fused-ring (bicyclic) bond motifs is 13. The van der Waals surface area contributed by atoms with E-state index in [0.717, 1.165) is 12.8 Å². The summed E-state index contributed by atoms with van der Waals surface area (Å²) in [6, 6.07) is 63.8. The second-order valence-electron chi connectivity index (χ2n) is 15.5. The summed E-state index contributed by atoms with van der Waals surface area (Å²) in [5.41, 5.74) is 22.2. The molecule has 0 heterocycles. The maximum absolute atomic E-state index is 2.62. The van der Waals surface area contributed by atoms with Crippen molar-refractivity contribution in [1.82, 2.24) is 0 Å². The second kappa shape index (κ2) is 11.2. The summed E-state index contributed by atoms with van der Waals surface area (Å²) in [5, 5.41) is 0. The number of hydrogen-bond acceptors (Lipinski definition) is 1. The lowest BCUT2D eigenvalue weighted by Crippen LogP contribution is -2.31. The monoisotopic (exact) mass is 677 g/mol. The van der Waals surface area contributed by atoms with Crippen LogP contribution in [0.5, 0.6) is 0 Å². The fraction of sp³-hybridized carbons (Fsp3) is 0.115. The van der Waals surface area contributed by atoms with Crippen molar-refractivity contribution in [2.24, 2.45) is 0 Å². The molecule has 0 fully saturated rings. The molecule has 1 heteroatoms. The summed E-state index contributed by atoms with van der Waals surface area (Å²) in [6.45, 7) is 4.78. The molecule has 7 aromatic carbocycles. The molecule has 1 spiro atoms. The molecule has 53 heavy (non-hydrogen) atoms. The predicted octanol–water partition coefficient (Wildman–Crippen LogP) is 13.3. The van der Waals surface area contributed by atoms with Crippen LogP contribution in [0.25, 0.3) is 39.0 Å². The molecule has 0 N–H and O–H groups in total. The fourth-order valence-electron chi connectivity index (χ4n) is 10.3. The van der Waals surface area contributed by atoms with Crippen LogP contribution in [0.4, 0.5) is 11.4 Å². The fourth-order valence-corrected chi connectivity index (χ4v) is 10.3. The average molecular weight is 678 g/mol. The molecule has 0 bridgehead atoms. The first-order chi connectivity index (χ1) is 26.1. The van der Waals surface area contributed by atoms with E-state index in [2.05, 4.69) is 195 Å². The Hall–Kier alpha value is -6.18. The largest absolute Gasteiger partial charge is 0.314 e. The zero-order valence-corrected chi connectivity index (χ0v) is 30.1. The normalized spacial score (nSPS) is 16.3. The maximum Gasteiger partial charge on any atom is 0.0742 e. The van der Waals surface area contributed by atoms with Crippen LogP contribution in [0.1, 0.15) is 60.1 Å². The van der Waals surface area contributed by atoms with Crippen LogP contribution in [0.2, 0.25) is 0 Å². The minimum Gasteiger partial charge on any atom is -0.314 e. The van der Waals surface area contributed by atoms with Gasteiger partial charge in [-0.05, 0) is 115 Å². The minimum absolute atomic E-state index is 0.103. The van der Waals surface area contributed by atoms with Gasteiger partial charge in [-0.3, -0.25) is 0 Å². The van der Waals surface area contributed by atoms with Crippen molar-refractivity contribution in [2.45, 2.75) is 37.5 Å². The van der Waals surface area contributed by atoms with Crippen molar-refractivity contribution in [2.75, 3.05) is 4.90 Å². The molecule has 0 atom stereocenters. The highest BCUT2D eigenvalue weighted by Gasteiger charge is 2.55. The molecule has 0 saturated heterocycles. The van der Waals surface area contributed by atoms with Crippen molar-refractivity contribution in [3.05, 3.63) is 221 Å². The number of rotatable bonds is 4. The number of anilines is 2. The molecule has 0 aromatic heterocycles.